The van der Waals surface area contributed by atoms with Gasteiger partial charge >= 0.3 is 0 Å². The predicted octanol–water partition coefficient (Wildman–Crippen LogP) is -1.32. The number of amides is 2. The molecule has 0 radical (unpaired) electrons. The lowest BCUT2D eigenvalue weighted by Gasteiger charge is -2.12. The van der Waals surface area contributed by atoms with E-state index in [9.17, 15) is 14.4 Å². The maximum Gasteiger partial charge on any atom is 0.253 e. The maximum absolute atomic E-state index is 12.3. The molecule has 8 heteroatoms. The fourth-order valence-electron chi connectivity index (χ4n) is 2.25. The number of halogens is 1. The molecule has 1 heterocycles. The molecule has 0 aliphatic heterocycles. The molecule has 1 aromatic heterocycles. The number of rotatable bonds is 8. The number of thioether (sulfide) groups is 1. The van der Waals surface area contributed by atoms with Gasteiger partial charge in [0.15, 0.2) is 17.5 Å². The third-order valence-corrected chi connectivity index (χ3v) is 4.71. The fourth-order valence-corrected chi connectivity index (χ4v) is 3.16. The van der Waals surface area contributed by atoms with Gasteiger partial charge < -0.3 is 28.0 Å². The summed E-state index contributed by atoms with van der Waals surface area (Å²) in [4.78, 5) is 36.2. The van der Waals surface area contributed by atoms with Crippen molar-refractivity contribution < 1.29 is 35.9 Å². The van der Waals surface area contributed by atoms with Gasteiger partial charge in [-0.05, 0) is 19.1 Å². The Hall–Kier alpha value is -2.19. The molecule has 1 atom stereocenters. The van der Waals surface area contributed by atoms with Crippen LogP contribution >= 0.6 is 11.8 Å². The highest BCUT2D eigenvalue weighted by atomic mass is 79.9. The van der Waals surface area contributed by atoms with Gasteiger partial charge in [-0.15, -0.1) is 0 Å². The normalized spacial score (nSPS) is 11.1. The number of pyridine rings is 1. The minimum absolute atomic E-state index is 0. The number of aryl methyl sites for hydroxylation is 1. The third kappa shape index (κ3) is 7.52. The van der Waals surface area contributed by atoms with Gasteiger partial charge in [-0.2, -0.15) is 0 Å². The lowest BCUT2D eigenvalue weighted by Crippen LogP contribution is -3.00. The van der Waals surface area contributed by atoms with Crippen LogP contribution in [0.2, 0.25) is 0 Å². The molecule has 2 amide bonds. The Balaban J connectivity index is 0.00000364. The average Bonchev–Trinajstić information content (AvgIpc) is 2.62. The minimum Gasteiger partial charge on any atom is -1.00 e. The molecule has 3 N–H and O–H groups in total. The lowest BCUT2D eigenvalue weighted by atomic mass is 10.2. The van der Waals surface area contributed by atoms with Gasteiger partial charge in [0.05, 0.1) is 5.56 Å². The number of carbonyl (C=O) groups excluding carboxylic acids is 3. The standard InChI is InChI=1S/C19H21N3O3S.BrH/c1-14(18(20)24)21-19(25)15-8-3-4-9-16(15)26-17(23)10-7-13-22-11-5-2-6-12-22;/h2-6,8-9,11-12,14H,7,10,13H2,1H3,(H2-,20,21,24,25);1H. The highest BCUT2D eigenvalue weighted by Gasteiger charge is 2.18. The molecule has 2 aromatic rings. The number of hydrogen-bond donors (Lipinski definition) is 2. The highest BCUT2D eigenvalue weighted by molar-refractivity contribution is 8.13. The molecule has 0 aliphatic carbocycles. The molecule has 1 aromatic carbocycles. The van der Waals surface area contributed by atoms with E-state index in [1.165, 1.54) is 6.92 Å². The number of carbonyl (C=O) groups is 3. The van der Waals surface area contributed by atoms with Gasteiger partial charge in [-0.3, -0.25) is 14.4 Å². The van der Waals surface area contributed by atoms with Crippen LogP contribution in [0, 0.1) is 0 Å². The number of hydrogen-bond acceptors (Lipinski definition) is 4. The van der Waals surface area contributed by atoms with Crippen molar-refractivity contribution in [3.63, 3.8) is 0 Å². The third-order valence-electron chi connectivity index (χ3n) is 3.70. The van der Waals surface area contributed by atoms with Crippen LogP contribution in [-0.2, 0) is 16.1 Å². The zero-order valence-corrected chi connectivity index (χ0v) is 17.3. The van der Waals surface area contributed by atoms with Crippen LogP contribution in [0.4, 0.5) is 0 Å². The fraction of sp³-hybridized carbons (Fsp3) is 0.263. The zero-order chi connectivity index (χ0) is 18.9. The van der Waals surface area contributed by atoms with E-state index in [-0.39, 0.29) is 22.1 Å². The lowest BCUT2D eigenvalue weighted by molar-refractivity contribution is -0.697. The summed E-state index contributed by atoms with van der Waals surface area (Å²) in [7, 11) is 0. The minimum atomic E-state index is -0.779. The van der Waals surface area contributed by atoms with Crippen LogP contribution in [0.3, 0.4) is 0 Å². The van der Waals surface area contributed by atoms with Gasteiger partial charge in [0, 0.05) is 29.9 Å². The van der Waals surface area contributed by atoms with Crippen molar-refractivity contribution in [3.8, 4) is 0 Å². The molecule has 6 nitrogen and oxygen atoms in total. The second-order valence-corrected chi connectivity index (χ2v) is 6.88. The number of aromatic nitrogens is 1. The van der Waals surface area contributed by atoms with Crippen LogP contribution < -0.4 is 32.6 Å². The molecular formula is C19H22BrN3O3S. The van der Waals surface area contributed by atoms with E-state index in [1.807, 2.05) is 35.2 Å². The Morgan fingerprint density at radius 3 is 2.44 bits per heavy atom. The first-order chi connectivity index (χ1) is 12.5. The largest absolute Gasteiger partial charge is 1.00 e. The first kappa shape index (κ1) is 22.9. The van der Waals surface area contributed by atoms with E-state index >= 15 is 0 Å². The molecule has 0 bridgehead atoms. The second kappa shape index (κ2) is 11.5. The number of nitrogens with zero attached hydrogens (tertiary/aromatic N) is 1. The molecule has 2 rings (SSSR count). The summed E-state index contributed by atoms with van der Waals surface area (Å²) in [5.74, 6) is -1.04. The summed E-state index contributed by atoms with van der Waals surface area (Å²) in [5, 5.41) is 2.52. The van der Waals surface area contributed by atoms with E-state index in [2.05, 4.69) is 5.32 Å². The smallest absolute Gasteiger partial charge is 0.253 e. The summed E-state index contributed by atoms with van der Waals surface area (Å²) in [6, 6.07) is 11.9. The van der Waals surface area contributed by atoms with Gasteiger partial charge in [0.2, 0.25) is 5.91 Å². The molecule has 0 spiro atoms. The molecule has 0 saturated carbocycles. The number of primary amides is 1. The quantitative estimate of drug-likeness (QED) is 0.384. The van der Waals surface area contributed by atoms with Crippen molar-refractivity contribution in [1.82, 2.24) is 5.32 Å². The summed E-state index contributed by atoms with van der Waals surface area (Å²) in [6.07, 6.45) is 5.03. The van der Waals surface area contributed by atoms with Gasteiger partial charge in [-0.1, -0.05) is 30.0 Å². The van der Waals surface area contributed by atoms with E-state index in [1.54, 1.807) is 24.3 Å². The Kier molecular flexibility index (Phi) is 9.74. The van der Waals surface area contributed by atoms with E-state index < -0.39 is 17.9 Å². The van der Waals surface area contributed by atoms with E-state index in [4.69, 9.17) is 5.73 Å². The van der Waals surface area contributed by atoms with Crippen molar-refractivity contribution in [1.29, 1.82) is 0 Å². The number of benzene rings is 1. The summed E-state index contributed by atoms with van der Waals surface area (Å²) >= 11 is 1.04. The van der Waals surface area contributed by atoms with Crippen molar-refractivity contribution in [2.24, 2.45) is 5.73 Å². The van der Waals surface area contributed by atoms with Gasteiger partial charge in [-0.25, -0.2) is 4.57 Å². The van der Waals surface area contributed by atoms with Crippen LogP contribution in [-0.4, -0.2) is 23.0 Å². The van der Waals surface area contributed by atoms with Crippen molar-refractivity contribution in [2.75, 3.05) is 0 Å². The summed E-state index contributed by atoms with van der Waals surface area (Å²) < 4.78 is 2.02. The Morgan fingerprint density at radius 1 is 1.11 bits per heavy atom. The van der Waals surface area contributed by atoms with Crippen LogP contribution in [0.5, 0.6) is 0 Å². The average molecular weight is 452 g/mol. The monoisotopic (exact) mass is 451 g/mol. The summed E-state index contributed by atoms with van der Waals surface area (Å²) in [5.41, 5.74) is 5.53. The van der Waals surface area contributed by atoms with E-state index in [0.29, 0.717) is 23.3 Å². The second-order valence-electron chi connectivity index (χ2n) is 5.78. The predicted molar refractivity (Wildman–Crippen MR) is 99.3 cm³/mol. The van der Waals surface area contributed by atoms with Crippen molar-refractivity contribution in [3.05, 3.63) is 60.4 Å². The molecule has 0 fully saturated rings. The zero-order valence-electron chi connectivity index (χ0n) is 14.9. The Bertz CT molecular complexity index is 787. The number of nitrogens with one attached hydrogen (secondary N) is 1. The highest BCUT2D eigenvalue weighted by Crippen LogP contribution is 2.25. The first-order valence-electron chi connectivity index (χ1n) is 8.31. The van der Waals surface area contributed by atoms with Crippen molar-refractivity contribution >= 4 is 28.7 Å². The topological polar surface area (TPSA) is 93.1 Å². The van der Waals surface area contributed by atoms with Crippen molar-refractivity contribution in [2.45, 2.75) is 37.2 Å². The summed E-state index contributed by atoms with van der Waals surface area (Å²) in [6.45, 7) is 2.27. The number of nitrogens with two attached hydrogens (primary N) is 1. The SMILES string of the molecule is CC(NC(=O)c1ccccc1SC(=O)CCC[n+]1ccccc1)C(N)=O.[Br-]. The molecule has 27 heavy (non-hydrogen) atoms. The van der Waals surface area contributed by atoms with Gasteiger partial charge in [0.25, 0.3) is 5.91 Å². The van der Waals surface area contributed by atoms with Gasteiger partial charge in [0.1, 0.15) is 12.6 Å². The molecule has 0 aliphatic rings. The van der Waals surface area contributed by atoms with E-state index in [0.717, 1.165) is 18.3 Å². The van der Waals surface area contributed by atoms with Crippen LogP contribution in [0.15, 0.2) is 59.8 Å². The Labute approximate surface area is 173 Å². The molecular weight excluding hydrogens is 430 g/mol. The molecule has 0 saturated heterocycles. The molecule has 1 unspecified atom stereocenters. The first-order valence-corrected chi connectivity index (χ1v) is 9.13. The van der Waals surface area contributed by atoms with Crippen LogP contribution in [0.25, 0.3) is 0 Å². The van der Waals surface area contributed by atoms with Crippen LogP contribution in [0.1, 0.15) is 30.1 Å². The molecule has 144 valence electrons. The maximum atomic E-state index is 12.3. The Morgan fingerprint density at radius 2 is 1.78 bits per heavy atom.